The summed E-state index contributed by atoms with van der Waals surface area (Å²) in [4.78, 5) is 10.5. The van der Waals surface area contributed by atoms with E-state index in [4.69, 9.17) is 0 Å². The first-order valence-corrected chi connectivity index (χ1v) is 5.49. The first kappa shape index (κ1) is 21.0. The Morgan fingerprint density at radius 1 is 0.600 bits per heavy atom. The molecule has 0 aliphatic heterocycles. The van der Waals surface area contributed by atoms with Crippen LogP contribution in [0.4, 0.5) is 57.1 Å². The molecule has 1 aromatic carbocycles. The second-order valence-corrected chi connectivity index (χ2v) is 4.36. The number of alkyl halides is 12. The van der Waals surface area contributed by atoms with Crippen LogP contribution in [0, 0.1) is 0 Å². The van der Waals surface area contributed by atoms with Gasteiger partial charge in [-0.3, -0.25) is 4.79 Å². The molecule has 0 fully saturated rings. The molecule has 1 nitrogen and oxygen atoms in total. The predicted molar refractivity (Wildman–Crippen MR) is 51.9 cm³/mol. The van der Waals surface area contributed by atoms with Crippen LogP contribution in [0.2, 0.25) is 0 Å². The summed E-state index contributed by atoms with van der Waals surface area (Å²) in [6, 6.07) is -5.21. The maximum atomic E-state index is 12.8. The molecule has 0 spiro atoms. The van der Waals surface area contributed by atoms with Crippen LogP contribution < -0.4 is 0 Å². The van der Waals surface area contributed by atoms with Gasteiger partial charge in [-0.05, 0) is 6.07 Å². The first-order chi connectivity index (χ1) is 10.8. The predicted octanol–water partition coefficient (Wildman–Crippen LogP) is 5.87. The fourth-order valence-electron chi connectivity index (χ4n) is 1.92. The smallest absolute Gasteiger partial charge is 0.255 e. The zero-order valence-electron chi connectivity index (χ0n) is 10.9. The van der Waals surface area contributed by atoms with Crippen molar-refractivity contribution in [1.82, 2.24) is 0 Å². The summed E-state index contributed by atoms with van der Waals surface area (Å²) >= 11 is 0. The molecule has 142 valence electrons. The van der Waals surface area contributed by atoms with Crippen molar-refractivity contribution in [3.63, 3.8) is 0 Å². The lowest BCUT2D eigenvalue weighted by molar-refractivity contribution is -0.171. The van der Waals surface area contributed by atoms with Crippen molar-refractivity contribution in [2.24, 2.45) is 0 Å². The summed E-state index contributed by atoms with van der Waals surface area (Å²) in [5.74, 6) is 0. The summed E-state index contributed by atoms with van der Waals surface area (Å²) in [7, 11) is 0. The molecule has 0 N–H and O–H groups in total. The number of rotatable bonds is 1. The highest BCUT2D eigenvalue weighted by atomic mass is 19.4. The Morgan fingerprint density at radius 3 is 1.04 bits per heavy atom. The lowest BCUT2D eigenvalue weighted by Gasteiger charge is -2.24. The molecule has 25 heavy (non-hydrogen) atoms. The van der Waals surface area contributed by atoms with Crippen LogP contribution in [0.15, 0.2) is 6.07 Å². The van der Waals surface area contributed by atoms with E-state index < -0.39 is 64.6 Å². The molecule has 0 radical (unpaired) electrons. The monoisotopic (exact) mass is 396 g/mol. The zero-order chi connectivity index (χ0) is 20.2. The van der Waals surface area contributed by atoms with Gasteiger partial charge in [0, 0.05) is 0 Å². The quantitative estimate of drug-likeness (QED) is 0.429. The van der Waals surface area contributed by atoms with Crippen LogP contribution in [-0.2, 0) is 24.7 Å². The molecule has 0 amide bonds. The third-order valence-corrected chi connectivity index (χ3v) is 2.70. The largest absolute Gasteiger partial charge is 0.417 e. The van der Waals surface area contributed by atoms with Gasteiger partial charge in [-0.1, -0.05) is 0 Å². The van der Waals surface area contributed by atoms with E-state index >= 15 is 0 Å². The van der Waals surface area contributed by atoms with Gasteiger partial charge >= 0.3 is 30.7 Å². The number of halogens is 13. The fourth-order valence-corrected chi connectivity index (χ4v) is 1.92. The fraction of sp³-hybridized carbons (Fsp3) is 0.364. The van der Waals surface area contributed by atoms with Crippen molar-refractivity contribution >= 4 is 6.04 Å². The van der Waals surface area contributed by atoms with Gasteiger partial charge in [0.1, 0.15) is 0 Å². The van der Waals surface area contributed by atoms with E-state index in [0.29, 0.717) is 0 Å². The molecule has 0 aliphatic rings. The Kier molecular flexibility index (Phi) is 4.84. The SMILES string of the molecule is O=C(F)c1c(C(F)(F)F)c(C(F)(F)F)cc(C(F)(F)F)c1C(F)(F)F. The maximum absolute atomic E-state index is 12.8. The summed E-state index contributed by atoms with van der Waals surface area (Å²) in [6.45, 7) is 0. The number of carbonyl (C=O) groups is 1. The van der Waals surface area contributed by atoms with E-state index in [9.17, 15) is 61.9 Å². The molecular weight excluding hydrogens is 395 g/mol. The normalized spacial score (nSPS) is 14.0. The van der Waals surface area contributed by atoms with Gasteiger partial charge in [0.25, 0.3) is 0 Å². The number of hydrogen-bond donors (Lipinski definition) is 0. The molecule has 0 saturated carbocycles. The summed E-state index contributed by atoms with van der Waals surface area (Å²) in [6.07, 6.45) is -25.4. The van der Waals surface area contributed by atoms with Crippen molar-refractivity contribution in [3.8, 4) is 0 Å². The van der Waals surface area contributed by atoms with E-state index in [0.717, 1.165) is 0 Å². The molecule has 0 heterocycles. The van der Waals surface area contributed by atoms with E-state index in [1.807, 2.05) is 0 Å². The Balaban J connectivity index is 4.33. The standard InChI is InChI=1S/C11HF13O/c12-7(25)4-5(10(19,20)21)2(8(13,14)15)1-3(9(16,17)18)6(4)11(22,23)24/h1H. The van der Waals surface area contributed by atoms with Crippen molar-refractivity contribution in [1.29, 1.82) is 0 Å². The average Bonchev–Trinajstić information content (AvgIpc) is 2.31. The van der Waals surface area contributed by atoms with Crippen LogP contribution in [0.25, 0.3) is 0 Å². The highest BCUT2D eigenvalue weighted by Crippen LogP contribution is 2.50. The van der Waals surface area contributed by atoms with Gasteiger partial charge in [0.15, 0.2) is 0 Å². The van der Waals surface area contributed by atoms with Crippen LogP contribution in [0.5, 0.6) is 0 Å². The lowest BCUT2D eigenvalue weighted by atomic mass is 9.90. The van der Waals surface area contributed by atoms with Crippen molar-refractivity contribution < 1.29 is 61.9 Å². The van der Waals surface area contributed by atoms with Crippen LogP contribution >= 0.6 is 0 Å². The van der Waals surface area contributed by atoms with Gasteiger partial charge in [0.2, 0.25) is 0 Å². The topological polar surface area (TPSA) is 17.1 Å². The lowest BCUT2D eigenvalue weighted by Crippen LogP contribution is -2.28. The minimum atomic E-state index is -6.41. The Morgan fingerprint density at radius 2 is 0.880 bits per heavy atom. The molecule has 0 aromatic heterocycles. The maximum Gasteiger partial charge on any atom is 0.417 e. The third kappa shape index (κ3) is 4.15. The van der Waals surface area contributed by atoms with E-state index in [1.165, 1.54) is 0 Å². The molecule has 0 aliphatic carbocycles. The van der Waals surface area contributed by atoms with Gasteiger partial charge in [0.05, 0.1) is 27.8 Å². The molecule has 0 saturated heterocycles. The second-order valence-electron chi connectivity index (χ2n) is 4.36. The average molecular weight is 396 g/mol. The second kappa shape index (κ2) is 5.76. The highest BCUT2D eigenvalue weighted by Gasteiger charge is 2.54. The Hall–Kier alpha value is -2.02. The van der Waals surface area contributed by atoms with E-state index in [-0.39, 0.29) is 0 Å². The third-order valence-electron chi connectivity index (χ3n) is 2.70. The van der Waals surface area contributed by atoms with Crippen LogP contribution in [0.1, 0.15) is 32.6 Å². The van der Waals surface area contributed by atoms with E-state index in [2.05, 4.69) is 0 Å². The number of benzene rings is 1. The molecule has 1 aromatic rings. The summed E-state index contributed by atoms with van der Waals surface area (Å²) in [5, 5.41) is 0. The van der Waals surface area contributed by atoms with Crippen LogP contribution in [-0.4, -0.2) is 6.04 Å². The summed E-state index contributed by atoms with van der Waals surface area (Å²) < 4.78 is 165. The minimum absolute atomic E-state index is 1.46. The van der Waals surface area contributed by atoms with Gasteiger partial charge in [-0.15, -0.1) is 0 Å². The van der Waals surface area contributed by atoms with Gasteiger partial charge in [-0.25, -0.2) is 0 Å². The van der Waals surface area contributed by atoms with Gasteiger partial charge in [-0.2, -0.15) is 57.1 Å². The van der Waals surface area contributed by atoms with Crippen LogP contribution in [0.3, 0.4) is 0 Å². The molecule has 0 bridgehead atoms. The molecular formula is C11HF13O. The number of carbonyl (C=O) groups excluding carboxylic acids is 1. The van der Waals surface area contributed by atoms with Crippen molar-refractivity contribution in [2.45, 2.75) is 24.7 Å². The summed E-state index contributed by atoms with van der Waals surface area (Å²) in [5.41, 5.74) is -16.9. The Labute approximate surface area is 128 Å². The minimum Gasteiger partial charge on any atom is -0.255 e. The van der Waals surface area contributed by atoms with Crippen molar-refractivity contribution in [2.75, 3.05) is 0 Å². The molecule has 0 atom stereocenters. The van der Waals surface area contributed by atoms with Gasteiger partial charge < -0.3 is 0 Å². The molecule has 0 unspecified atom stereocenters. The highest BCUT2D eigenvalue weighted by molar-refractivity contribution is 5.93. The molecule has 14 heteroatoms. The number of hydrogen-bond acceptors (Lipinski definition) is 1. The first-order valence-electron chi connectivity index (χ1n) is 5.49. The molecule has 1 rings (SSSR count). The Bertz CT molecular complexity index is 636. The van der Waals surface area contributed by atoms with Crippen molar-refractivity contribution in [3.05, 3.63) is 33.9 Å². The zero-order valence-corrected chi connectivity index (χ0v) is 10.9. The van der Waals surface area contributed by atoms with E-state index in [1.54, 1.807) is 0 Å².